The van der Waals surface area contributed by atoms with Crippen LogP contribution in [0.5, 0.6) is 11.5 Å². The van der Waals surface area contributed by atoms with Gasteiger partial charge < -0.3 is 20.1 Å². The monoisotopic (exact) mass is 380 g/mol. The molecule has 2 N–H and O–H groups in total. The molecule has 2 amide bonds. The van der Waals surface area contributed by atoms with Gasteiger partial charge in [0.05, 0.1) is 0 Å². The Labute approximate surface area is 164 Å². The highest BCUT2D eigenvalue weighted by Gasteiger charge is 2.28. The van der Waals surface area contributed by atoms with Gasteiger partial charge in [-0.25, -0.2) is 0 Å². The van der Waals surface area contributed by atoms with Crippen molar-refractivity contribution in [3.05, 3.63) is 59.7 Å². The lowest BCUT2D eigenvalue weighted by Crippen LogP contribution is -2.42. The van der Waals surface area contributed by atoms with Crippen LogP contribution in [0.1, 0.15) is 36.3 Å². The molecule has 2 aromatic rings. The molecule has 1 atom stereocenters. The number of carbonyl (C=O) groups is 2. The second-order valence-electron chi connectivity index (χ2n) is 7.34. The molecule has 6 heteroatoms. The van der Waals surface area contributed by atoms with E-state index in [9.17, 15) is 9.59 Å². The molecule has 1 unspecified atom stereocenters. The zero-order chi connectivity index (χ0) is 19.5. The number of rotatable bonds is 5. The second kappa shape index (κ2) is 7.92. The van der Waals surface area contributed by atoms with E-state index in [1.807, 2.05) is 53.4 Å². The lowest BCUT2D eigenvalue weighted by Gasteiger charge is -2.32. The number of hydrogen-bond acceptors (Lipinski definition) is 4. The van der Waals surface area contributed by atoms with E-state index < -0.39 is 0 Å². The van der Waals surface area contributed by atoms with Gasteiger partial charge in [0.15, 0.2) is 11.5 Å². The van der Waals surface area contributed by atoms with Gasteiger partial charge in [0.1, 0.15) is 0 Å². The van der Waals surface area contributed by atoms with Crippen LogP contribution >= 0.6 is 0 Å². The summed E-state index contributed by atoms with van der Waals surface area (Å²) in [5.41, 5.74) is 7.51. The topological polar surface area (TPSA) is 81.9 Å². The van der Waals surface area contributed by atoms with Gasteiger partial charge in [0, 0.05) is 31.3 Å². The molecular weight excluding hydrogens is 356 g/mol. The number of nitrogens with zero attached hydrogens (tertiary/aromatic N) is 1. The Bertz CT molecular complexity index is 860. The van der Waals surface area contributed by atoms with Crippen LogP contribution in [0.2, 0.25) is 0 Å². The molecule has 6 nitrogen and oxygen atoms in total. The van der Waals surface area contributed by atoms with Crippen molar-refractivity contribution in [2.45, 2.75) is 25.2 Å². The molecule has 4 rings (SSSR count). The Balaban J connectivity index is 1.53. The minimum atomic E-state index is -0.269. The van der Waals surface area contributed by atoms with E-state index in [0.717, 1.165) is 16.9 Å². The van der Waals surface area contributed by atoms with Gasteiger partial charge in [0.2, 0.25) is 18.6 Å². The zero-order valence-electron chi connectivity index (χ0n) is 15.7. The first kappa shape index (κ1) is 18.3. The number of hydrogen-bond donors (Lipinski definition) is 1. The Morgan fingerprint density at radius 3 is 2.43 bits per heavy atom. The van der Waals surface area contributed by atoms with Crippen molar-refractivity contribution in [2.75, 3.05) is 19.9 Å². The predicted octanol–water partition coefficient (Wildman–Crippen LogP) is 2.66. The molecule has 2 aliphatic rings. The Morgan fingerprint density at radius 1 is 1.00 bits per heavy atom. The van der Waals surface area contributed by atoms with Crippen molar-refractivity contribution in [2.24, 2.45) is 11.7 Å². The third-order valence-electron chi connectivity index (χ3n) is 5.63. The summed E-state index contributed by atoms with van der Waals surface area (Å²) in [5.74, 6) is 1.08. The maximum atomic E-state index is 13.0. The smallest absolute Gasteiger partial charge is 0.231 e. The van der Waals surface area contributed by atoms with Crippen molar-refractivity contribution >= 4 is 11.8 Å². The summed E-state index contributed by atoms with van der Waals surface area (Å²) in [7, 11) is 0. The van der Waals surface area contributed by atoms with Gasteiger partial charge in [-0.15, -0.1) is 0 Å². The molecule has 2 heterocycles. The SMILES string of the molecule is NC(=O)C1CCN(C(=O)CC(c2ccccc2)c2ccc3c(c2)OCO3)CC1. The van der Waals surface area contributed by atoms with Crippen LogP contribution < -0.4 is 15.2 Å². The predicted molar refractivity (Wildman–Crippen MR) is 104 cm³/mol. The standard InChI is InChI=1S/C22H24N2O4/c23-22(26)16-8-10-24(11-9-16)21(25)13-18(15-4-2-1-3-5-15)17-6-7-19-20(12-17)28-14-27-19/h1-7,12,16,18H,8-11,13-14H2,(H2,23,26). The summed E-state index contributed by atoms with van der Waals surface area (Å²) < 4.78 is 10.9. The molecule has 2 aliphatic heterocycles. The molecule has 1 saturated heterocycles. The summed E-state index contributed by atoms with van der Waals surface area (Å²) in [6.07, 6.45) is 1.65. The van der Waals surface area contributed by atoms with E-state index in [4.69, 9.17) is 15.2 Å². The number of primary amides is 1. The number of piperidine rings is 1. The van der Waals surface area contributed by atoms with E-state index >= 15 is 0 Å². The molecule has 0 radical (unpaired) electrons. The normalized spacial score (nSPS) is 17.4. The van der Waals surface area contributed by atoms with Gasteiger partial charge in [-0.3, -0.25) is 9.59 Å². The van der Waals surface area contributed by atoms with Crippen LogP contribution in [0.4, 0.5) is 0 Å². The number of ether oxygens (including phenoxy) is 2. The van der Waals surface area contributed by atoms with E-state index in [1.165, 1.54) is 0 Å². The largest absolute Gasteiger partial charge is 0.454 e. The van der Waals surface area contributed by atoms with Gasteiger partial charge in [-0.1, -0.05) is 36.4 Å². The van der Waals surface area contributed by atoms with Gasteiger partial charge in [-0.05, 0) is 36.1 Å². The highest BCUT2D eigenvalue weighted by Crippen LogP contribution is 2.38. The number of fused-ring (bicyclic) bond motifs is 1. The van der Waals surface area contributed by atoms with E-state index in [-0.39, 0.29) is 30.4 Å². The van der Waals surface area contributed by atoms with Crippen LogP contribution in [0, 0.1) is 5.92 Å². The fourth-order valence-corrected chi connectivity index (χ4v) is 3.96. The van der Waals surface area contributed by atoms with Crippen molar-refractivity contribution in [1.29, 1.82) is 0 Å². The Morgan fingerprint density at radius 2 is 1.71 bits per heavy atom. The first-order chi connectivity index (χ1) is 13.6. The number of amides is 2. The number of carbonyl (C=O) groups excluding carboxylic acids is 2. The quantitative estimate of drug-likeness (QED) is 0.865. The lowest BCUT2D eigenvalue weighted by molar-refractivity contribution is -0.135. The van der Waals surface area contributed by atoms with Crippen molar-refractivity contribution in [1.82, 2.24) is 4.90 Å². The number of benzene rings is 2. The minimum absolute atomic E-state index is 0.0722. The fourth-order valence-electron chi connectivity index (χ4n) is 3.96. The second-order valence-corrected chi connectivity index (χ2v) is 7.34. The van der Waals surface area contributed by atoms with Crippen molar-refractivity contribution < 1.29 is 19.1 Å². The third kappa shape index (κ3) is 3.81. The van der Waals surface area contributed by atoms with E-state index in [0.29, 0.717) is 38.1 Å². The maximum absolute atomic E-state index is 13.0. The first-order valence-corrected chi connectivity index (χ1v) is 9.63. The van der Waals surface area contributed by atoms with Gasteiger partial charge >= 0.3 is 0 Å². The highest BCUT2D eigenvalue weighted by molar-refractivity contribution is 5.79. The maximum Gasteiger partial charge on any atom is 0.231 e. The van der Waals surface area contributed by atoms with Crippen LogP contribution in [-0.2, 0) is 9.59 Å². The van der Waals surface area contributed by atoms with E-state index in [2.05, 4.69) is 0 Å². The fraction of sp³-hybridized carbons (Fsp3) is 0.364. The summed E-state index contributed by atoms with van der Waals surface area (Å²) in [6, 6.07) is 15.9. The highest BCUT2D eigenvalue weighted by atomic mass is 16.7. The molecule has 0 saturated carbocycles. The number of nitrogens with two attached hydrogens (primary N) is 1. The molecular formula is C22H24N2O4. The van der Waals surface area contributed by atoms with Gasteiger partial charge in [-0.2, -0.15) is 0 Å². The molecule has 0 aromatic heterocycles. The van der Waals surface area contributed by atoms with Gasteiger partial charge in [0.25, 0.3) is 0 Å². The molecule has 0 aliphatic carbocycles. The van der Waals surface area contributed by atoms with E-state index in [1.54, 1.807) is 0 Å². The minimum Gasteiger partial charge on any atom is -0.454 e. The summed E-state index contributed by atoms with van der Waals surface area (Å²) in [4.78, 5) is 26.2. The summed E-state index contributed by atoms with van der Waals surface area (Å²) in [5, 5.41) is 0. The molecule has 0 spiro atoms. The average Bonchev–Trinajstić information content (AvgIpc) is 3.20. The third-order valence-corrected chi connectivity index (χ3v) is 5.63. The van der Waals surface area contributed by atoms with Crippen LogP contribution in [0.25, 0.3) is 0 Å². The van der Waals surface area contributed by atoms with Crippen molar-refractivity contribution in [3.8, 4) is 11.5 Å². The zero-order valence-corrected chi connectivity index (χ0v) is 15.7. The molecule has 1 fully saturated rings. The Kier molecular flexibility index (Phi) is 5.19. The van der Waals surface area contributed by atoms with Crippen molar-refractivity contribution in [3.63, 3.8) is 0 Å². The average molecular weight is 380 g/mol. The molecule has 0 bridgehead atoms. The summed E-state index contributed by atoms with van der Waals surface area (Å²) in [6.45, 7) is 1.38. The van der Waals surface area contributed by atoms with Crippen LogP contribution in [0.3, 0.4) is 0 Å². The first-order valence-electron chi connectivity index (χ1n) is 9.63. The molecule has 2 aromatic carbocycles. The molecule has 146 valence electrons. The Hall–Kier alpha value is -3.02. The summed E-state index contributed by atoms with van der Waals surface area (Å²) >= 11 is 0. The lowest BCUT2D eigenvalue weighted by atomic mass is 9.87. The van der Waals surface area contributed by atoms with Crippen LogP contribution in [0.15, 0.2) is 48.5 Å². The van der Waals surface area contributed by atoms with Crippen LogP contribution in [-0.4, -0.2) is 36.6 Å². The molecule has 28 heavy (non-hydrogen) atoms. The number of likely N-dealkylation sites (tertiary alicyclic amines) is 1.